The molecule has 3 N–H and O–H groups in total. The van der Waals surface area contributed by atoms with Crippen molar-refractivity contribution in [2.75, 3.05) is 12.3 Å². The average molecular weight is 365 g/mol. The predicted octanol–water partition coefficient (Wildman–Crippen LogP) is 4.94. The molecule has 1 aliphatic heterocycles. The van der Waals surface area contributed by atoms with Crippen molar-refractivity contribution in [3.8, 4) is 5.75 Å². The third kappa shape index (κ3) is 3.97. The standard InChI is InChI=1S/C22H24N2OS/c25-20-6-7-21-18(14-24-22(21)13-20)15-26-11-9-19-12-17(8-10-23-19)16-4-2-1-3-5-16/h1-8,13-14,19,23-25H,9-12,15H2/t19-/m1/s1. The van der Waals surface area contributed by atoms with E-state index < -0.39 is 0 Å². The fraction of sp³-hybridized carbons (Fsp3) is 0.273. The normalized spacial score (nSPS) is 17.4. The molecule has 3 nitrogen and oxygen atoms in total. The third-order valence-electron chi connectivity index (χ3n) is 4.99. The number of nitrogens with one attached hydrogen (secondary N) is 2. The Morgan fingerprint density at radius 3 is 2.88 bits per heavy atom. The smallest absolute Gasteiger partial charge is 0.117 e. The molecule has 4 heteroatoms. The van der Waals surface area contributed by atoms with Crippen LogP contribution in [0.15, 0.2) is 60.8 Å². The van der Waals surface area contributed by atoms with E-state index in [-0.39, 0.29) is 0 Å². The number of H-pyrrole nitrogens is 1. The number of hydrogen-bond donors (Lipinski definition) is 3. The minimum Gasteiger partial charge on any atom is -0.508 e. The first kappa shape index (κ1) is 17.3. The molecule has 2 aromatic carbocycles. The number of fused-ring (bicyclic) bond motifs is 1. The van der Waals surface area contributed by atoms with Gasteiger partial charge in [-0.15, -0.1) is 0 Å². The van der Waals surface area contributed by atoms with E-state index in [1.807, 2.05) is 17.8 Å². The van der Waals surface area contributed by atoms with Crippen molar-refractivity contribution >= 4 is 28.2 Å². The summed E-state index contributed by atoms with van der Waals surface area (Å²) in [4.78, 5) is 3.25. The van der Waals surface area contributed by atoms with Gasteiger partial charge in [-0.05, 0) is 47.4 Å². The largest absolute Gasteiger partial charge is 0.508 e. The van der Waals surface area contributed by atoms with Crippen molar-refractivity contribution in [1.29, 1.82) is 0 Å². The summed E-state index contributed by atoms with van der Waals surface area (Å²) in [5.41, 5.74) is 5.14. The van der Waals surface area contributed by atoms with Crippen LogP contribution in [0.3, 0.4) is 0 Å². The van der Waals surface area contributed by atoms with Crippen LogP contribution in [0.1, 0.15) is 24.0 Å². The summed E-state index contributed by atoms with van der Waals surface area (Å²) in [6, 6.07) is 16.8. The van der Waals surface area contributed by atoms with Crippen LogP contribution in [-0.2, 0) is 5.75 Å². The van der Waals surface area contributed by atoms with Gasteiger partial charge in [0.25, 0.3) is 0 Å². The maximum absolute atomic E-state index is 9.56. The van der Waals surface area contributed by atoms with Gasteiger partial charge in [0.2, 0.25) is 0 Å². The second-order valence-corrected chi connectivity index (χ2v) is 7.89. The lowest BCUT2D eigenvalue weighted by Gasteiger charge is -2.24. The number of thioether (sulfide) groups is 1. The second-order valence-electron chi connectivity index (χ2n) is 6.79. The third-order valence-corrected chi connectivity index (χ3v) is 6.02. The number of phenols is 1. The van der Waals surface area contributed by atoms with Gasteiger partial charge in [0.15, 0.2) is 0 Å². The summed E-state index contributed by atoms with van der Waals surface area (Å²) < 4.78 is 0. The van der Waals surface area contributed by atoms with Gasteiger partial charge in [-0.3, -0.25) is 0 Å². The molecule has 0 saturated carbocycles. The summed E-state index contributed by atoms with van der Waals surface area (Å²) in [7, 11) is 0. The summed E-state index contributed by atoms with van der Waals surface area (Å²) in [5, 5.41) is 14.4. The van der Waals surface area contributed by atoms with E-state index in [1.165, 1.54) is 28.5 Å². The van der Waals surface area contributed by atoms with Gasteiger partial charge in [0, 0.05) is 41.5 Å². The summed E-state index contributed by atoms with van der Waals surface area (Å²) in [6.45, 7) is 0.964. The van der Waals surface area contributed by atoms with Crippen LogP contribution in [0.5, 0.6) is 5.75 Å². The summed E-state index contributed by atoms with van der Waals surface area (Å²) >= 11 is 1.98. The van der Waals surface area contributed by atoms with Crippen LogP contribution in [0.4, 0.5) is 0 Å². The lowest BCUT2D eigenvalue weighted by molar-refractivity contribution is 0.476. The van der Waals surface area contributed by atoms with E-state index in [1.54, 1.807) is 12.1 Å². The van der Waals surface area contributed by atoms with Crippen molar-refractivity contribution in [2.45, 2.75) is 24.6 Å². The molecule has 0 bridgehead atoms. The Morgan fingerprint density at radius 1 is 1.12 bits per heavy atom. The molecule has 0 radical (unpaired) electrons. The Bertz CT molecular complexity index is 901. The molecule has 134 valence electrons. The highest BCUT2D eigenvalue weighted by Crippen LogP contribution is 2.27. The van der Waals surface area contributed by atoms with Crippen LogP contribution in [0.2, 0.25) is 0 Å². The Labute approximate surface area is 158 Å². The molecule has 1 atom stereocenters. The predicted molar refractivity (Wildman–Crippen MR) is 112 cm³/mol. The molecular formula is C22H24N2OS. The zero-order valence-corrected chi connectivity index (χ0v) is 15.6. The molecule has 0 unspecified atom stereocenters. The Hall–Kier alpha value is -2.17. The van der Waals surface area contributed by atoms with Crippen molar-refractivity contribution in [1.82, 2.24) is 10.3 Å². The molecule has 1 aromatic heterocycles. The minimum absolute atomic E-state index is 0.309. The van der Waals surface area contributed by atoms with Crippen molar-refractivity contribution in [2.24, 2.45) is 0 Å². The van der Waals surface area contributed by atoms with Crippen LogP contribution in [-0.4, -0.2) is 28.4 Å². The highest BCUT2D eigenvalue weighted by molar-refractivity contribution is 7.98. The van der Waals surface area contributed by atoms with Crippen LogP contribution < -0.4 is 5.32 Å². The second kappa shape index (κ2) is 8.02. The van der Waals surface area contributed by atoms with Gasteiger partial charge in [-0.2, -0.15) is 11.8 Å². The maximum Gasteiger partial charge on any atom is 0.117 e. The van der Waals surface area contributed by atoms with Crippen molar-refractivity contribution in [3.63, 3.8) is 0 Å². The number of rotatable bonds is 6. The topological polar surface area (TPSA) is 48.0 Å². The number of hydrogen-bond acceptors (Lipinski definition) is 3. The first-order valence-corrected chi connectivity index (χ1v) is 10.3. The Morgan fingerprint density at radius 2 is 2.00 bits per heavy atom. The SMILES string of the molecule is Oc1ccc2c(CSCC[C@@H]3CC(c4ccccc4)=CCN3)c[nH]c2c1. The fourth-order valence-electron chi connectivity index (χ4n) is 3.56. The summed E-state index contributed by atoms with van der Waals surface area (Å²) in [6.07, 6.45) is 6.67. The van der Waals surface area contributed by atoms with E-state index >= 15 is 0 Å². The molecule has 0 saturated heterocycles. The van der Waals surface area contributed by atoms with E-state index in [0.29, 0.717) is 11.8 Å². The fourth-order valence-corrected chi connectivity index (χ4v) is 4.62. The van der Waals surface area contributed by atoms with Gasteiger partial charge < -0.3 is 15.4 Å². The Balaban J connectivity index is 1.28. The zero-order valence-electron chi connectivity index (χ0n) is 14.7. The molecule has 3 aromatic rings. The quantitative estimate of drug-likeness (QED) is 0.543. The zero-order chi connectivity index (χ0) is 17.8. The highest BCUT2D eigenvalue weighted by atomic mass is 32.2. The lowest BCUT2D eigenvalue weighted by Crippen LogP contribution is -2.33. The van der Waals surface area contributed by atoms with E-state index in [0.717, 1.165) is 30.0 Å². The van der Waals surface area contributed by atoms with Crippen LogP contribution in [0, 0.1) is 0 Å². The first-order chi connectivity index (χ1) is 12.8. The molecule has 0 aliphatic carbocycles. The van der Waals surface area contributed by atoms with Crippen LogP contribution in [0.25, 0.3) is 16.5 Å². The van der Waals surface area contributed by atoms with Crippen molar-refractivity contribution < 1.29 is 5.11 Å². The molecular weight excluding hydrogens is 340 g/mol. The minimum atomic E-state index is 0.309. The van der Waals surface area contributed by atoms with Gasteiger partial charge in [0.1, 0.15) is 5.75 Å². The average Bonchev–Trinajstić information content (AvgIpc) is 3.08. The maximum atomic E-state index is 9.56. The number of aromatic nitrogens is 1. The van der Waals surface area contributed by atoms with E-state index in [4.69, 9.17) is 0 Å². The van der Waals surface area contributed by atoms with Crippen LogP contribution >= 0.6 is 11.8 Å². The number of aromatic hydroxyl groups is 1. The van der Waals surface area contributed by atoms with Gasteiger partial charge in [0.05, 0.1) is 0 Å². The molecule has 0 fully saturated rings. The Kier molecular flexibility index (Phi) is 5.32. The number of phenolic OH excluding ortho intramolecular Hbond substituents is 1. The molecule has 0 spiro atoms. The highest BCUT2D eigenvalue weighted by Gasteiger charge is 2.15. The molecule has 1 aliphatic rings. The van der Waals surface area contributed by atoms with E-state index in [2.05, 4.69) is 52.9 Å². The van der Waals surface area contributed by atoms with Gasteiger partial charge >= 0.3 is 0 Å². The van der Waals surface area contributed by atoms with Crippen molar-refractivity contribution in [3.05, 3.63) is 71.9 Å². The van der Waals surface area contributed by atoms with Gasteiger partial charge in [-0.25, -0.2) is 0 Å². The monoisotopic (exact) mass is 364 g/mol. The lowest BCUT2D eigenvalue weighted by atomic mass is 9.94. The number of aromatic amines is 1. The molecule has 4 rings (SSSR count). The number of benzene rings is 2. The molecule has 0 amide bonds. The molecule has 2 heterocycles. The van der Waals surface area contributed by atoms with Gasteiger partial charge in [-0.1, -0.05) is 36.4 Å². The van der Waals surface area contributed by atoms with E-state index in [9.17, 15) is 5.11 Å². The first-order valence-electron chi connectivity index (χ1n) is 9.14. The molecule has 26 heavy (non-hydrogen) atoms. The summed E-state index contributed by atoms with van der Waals surface area (Å²) in [5.74, 6) is 2.45.